The van der Waals surface area contributed by atoms with Gasteiger partial charge in [0.2, 0.25) is 0 Å². The van der Waals surface area contributed by atoms with Crippen molar-refractivity contribution >= 4 is 23.2 Å². The molecule has 0 heterocycles. The van der Waals surface area contributed by atoms with Gasteiger partial charge in [0.05, 0.1) is 5.02 Å². The number of benzene rings is 4. The first-order valence-electron chi connectivity index (χ1n) is 11.2. The topological polar surface area (TPSA) is 0 Å². The number of halogens is 3. The van der Waals surface area contributed by atoms with Crippen molar-refractivity contribution in [2.24, 2.45) is 0 Å². The minimum Gasteiger partial charge on any atom is -0.205 e. The molecular weight excluding hydrogens is 450 g/mol. The van der Waals surface area contributed by atoms with E-state index in [1.54, 1.807) is 6.07 Å². The Morgan fingerprint density at radius 3 is 2.09 bits per heavy atom. The lowest BCUT2D eigenvalue weighted by Gasteiger charge is -2.28. The number of hydrogen-bond donors (Lipinski definition) is 0. The Kier molecular flexibility index (Phi) is 8.20. The van der Waals surface area contributed by atoms with Crippen LogP contribution in [0, 0.1) is 11.7 Å². The van der Waals surface area contributed by atoms with Crippen molar-refractivity contribution in [3.8, 4) is 0 Å². The molecule has 0 saturated carbocycles. The molecule has 167 valence electrons. The summed E-state index contributed by atoms with van der Waals surface area (Å²) in [5, 5.41) is 0.865. The van der Waals surface area contributed by atoms with Crippen molar-refractivity contribution in [2.45, 2.75) is 31.6 Å². The van der Waals surface area contributed by atoms with Gasteiger partial charge in [-0.15, -0.1) is 0 Å². The molecule has 0 bridgehead atoms. The summed E-state index contributed by atoms with van der Waals surface area (Å²) in [5.41, 5.74) is 4.70. The monoisotopic (exact) mass is 475 g/mol. The quantitative estimate of drug-likeness (QED) is 0.226. The lowest BCUT2D eigenvalue weighted by Crippen LogP contribution is -2.16. The minimum atomic E-state index is -0.397. The van der Waals surface area contributed by atoms with Gasteiger partial charge in [0, 0.05) is 10.9 Å². The first-order chi connectivity index (χ1) is 16.1. The van der Waals surface area contributed by atoms with E-state index in [1.165, 1.54) is 23.1 Å². The molecule has 4 aromatic carbocycles. The van der Waals surface area contributed by atoms with Crippen LogP contribution in [0.5, 0.6) is 0 Å². The number of aryl methyl sites for hydroxylation is 1. The summed E-state index contributed by atoms with van der Waals surface area (Å²) < 4.78 is 14.0. The summed E-state index contributed by atoms with van der Waals surface area (Å²) in [6, 6.07) is 34.1. The third-order valence-electron chi connectivity index (χ3n) is 6.00. The highest BCUT2D eigenvalue weighted by atomic mass is 35.5. The van der Waals surface area contributed by atoms with Crippen molar-refractivity contribution in [1.29, 1.82) is 0 Å². The molecule has 4 aromatic rings. The molecule has 0 spiro atoms. The molecular formula is C30H26Cl2F. The molecule has 0 aromatic heterocycles. The maximum atomic E-state index is 14.0. The predicted octanol–water partition coefficient (Wildman–Crippen LogP) is 9.10. The fourth-order valence-electron chi connectivity index (χ4n) is 4.36. The second-order valence-electron chi connectivity index (χ2n) is 8.29. The van der Waals surface area contributed by atoms with E-state index < -0.39 is 5.82 Å². The summed E-state index contributed by atoms with van der Waals surface area (Å²) in [4.78, 5) is 0. The van der Waals surface area contributed by atoms with Gasteiger partial charge >= 0.3 is 0 Å². The average Bonchev–Trinajstić information content (AvgIpc) is 2.84. The third kappa shape index (κ3) is 6.47. The van der Waals surface area contributed by atoms with Crippen LogP contribution in [0.25, 0.3) is 0 Å². The molecule has 3 heteroatoms. The van der Waals surface area contributed by atoms with Crippen LogP contribution in [0.1, 0.15) is 41.0 Å². The fraction of sp³-hybridized carbons (Fsp3) is 0.167. The van der Waals surface area contributed by atoms with Gasteiger partial charge in [-0.2, -0.15) is 0 Å². The normalized spacial score (nSPS) is 12.1. The van der Waals surface area contributed by atoms with E-state index in [4.69, 9.17) is 23.2 Å². The Labute approximate surface area is 206 Å². The van der Waals surface area contributed by atoms with Gasteiger partial charge in [-0.25, -0.2) is 4.39 Å². The lowest BCUT2D eigenvalue weighted by molar-refractivity contribution is 0.617. The first-order valence-corrected chi connectivity index (χ1v) is 12.0. The zero-order chi connectivity index (χ0) is 23.0. The van der Waals surface area contributed by atoms with Gasteiger partial charge in [-0.1, -0.05) is 102 Å². The average molecular weight is 476 g/mol. The van der Waals surface area contributed by atoms with Gasteiger partial charge < -0.3 is 0 Å². The van der Waals surface area contributed by atoms with Gasteiger partial charge in [-0.05, 0) is 78.1 Å². The third-order valence-corrected chi connectivity index (χ3v) is 6.52. The van der Waals surface area contributed by atoms with Crippen molar-refractivity contribution in [2.75, 3.05) is 0 Å². The predicted molar refractivity (Wildman–Crippen MR) is 137 cm³/mol. The maximum absolute atomic E-state index is 14.0. The van der Waals surface area contributed by atoms with Crippen molar-refractivity contribution in [1.82, 2.24) is 0 Å². The van der Waals surface area contributed by atoms with Crippen molar-refractivity contribution in [3.05, 3.63) is 147 Å². The molecule has 0 fully saturated rings. The minimum absolute atomic E-state index is 0.100. The van der Waals surface area contributed by atoms with Gasteiger partial charge in [-0.3, -0.25) is 0 Å². The molecule has 4 rings (SSSR count). The fourth-order valence-corrected chi connectivity index (χ4v) is 4.74. The Hall–Kier alpha value is -2.61. The first kappa shape index (κ1) is 23.5. The number of hydrogen-bond acceptors (Lipinski definition) is 0. The standard InChI is InChI=1S/C30H26Cl2F/c31-26-15-8-14-24(20-26)28(19-23-11-5-2-6-12-23)27(25-17-18-30(33)29(32)21-25)16-7-13-22-9-3-1-4-10-22/h1-6,8-12,14-15,17-18,20-21,28H,7,13,16,19H2. The van der Waals surface area contributed by atoms with Crippen LogP contribution >= 0.6 is 23.2 Å². The zero-order valence-corrected chi connectivity index (χ0v) is 19.9. The molecule has 0 aliphatic rings. The highest BCUT2D eigenvalue weighted by molar-refractivity contribution is 6.31. The van der Waals surface area contributed by atoms with Crippen LogP contribution in [0.15, 0.2) is 103 Å². The largest absolute Gasteiger partial charge is 0.205 e. The maximum Gasteiger partial charge on any atom is 0.141 e. The van der Waals surface area contributed by atoms with Gasteiger partial charge in [0.25, 0.3) is 0 Å². The molecule has 33 heavy (non-hydrogen) atoms. The second kappa shape index (κ2) is 11.5. The Morgan fingerprint density at radius 2 is 1.42 bits per heavy atom. The van der Waals surface area contributed by atoms with Crippen LogP contribution in [0.4, 0.5) is 4.39 Å². The Morgan fingerprint density at radius 1 is 0.727 bits per heavy atom. The van der Waals surface area contributed by atoms with E-state index in [2.05, 4.69) is 54.6 Å². The van der Waals surface area contributed by atoms with Crippen molar-refractivity contribution in [3.63, 3.8) is 0 Å². The summed E-state index contributed by atoms with van der Waals surface area (Å²) >= 11 is 12.6. The van der Waals surface area contributed by atoms with E-state index in [0.29, 0.717) is 5.02 Å². The smallest absolute Gasteiger partial charge is 0.141 e. The van der Waals surface area contributed by atoms with E-state index in [0.717, 1.165) is 36.8 Å². The van der Waals surface area contributed by atoms with E-state index >= 15 is 0 Å². The highest BCUT2D eigenvalue weighted by Crippen LogP contribution is 2.40. The molecule has 1 atom stereocenters. The summed E-state index contributed by atoms with van der Waals surface area (Å²) in [6.45, 7) is 0. The zero-order valence-electron chi connectivity index (χ0n) is 18.4. The van der Waals surface area contributed by atoms with Gasteiger partial charge in [0.1, 0.15) is 5.82 Å². The van der Waals surface area contributed by atoms with Crippen LogP contribution in [0.2, 0.25) is 10.0 Å². The molecule has 1 unspecified atom stereocenters. The molecule has 0 amide bonds. The van der Waals surface area contributed by atoms with Crippen molar-refractivity contribution < 1.29 is 4.39 Å². The Bertz CT molecular complexity index is 1160. The highest BCUT2D eigenvalue weighted by Gasteiger charge is 2.27. The lowest BCUT2D eigenvalue weighted by atomic mass is 9.75. The molecule has 0 aliphatic heterocycles. The van der Waals surface area contributed by atoms with Gasteiger partial charge in [0.15, 0.2) is 0 Å². The second-order valence-corrected chi connectivity index (χ2v) is 9.13. The SMILES string of the molecule is Fc1ccc([C](CCCc2ccccc2)C(Cc2ccccc2)c2cccc(Cl)c2)cc1Cl. The van der Waals surface area contributed by atoms with Crippen LogP contribution in [-0.2, 0) is 12.8 Å². The summed E-state index contributed by atoms with van der Waals surface area (Å²) in [5.74, 6) is 0.953. The van der Waals surface area contributed by atoms with E-state index in [9.17, 15) is 4.39 Å². The molecule has 0 saturated heterocycles. The van der Waals surface area contributed by atoms with E-state index in [-0.39, 0.29) is 10.9 Å². The molecule has 0 N–H and O–H groups in total. The van der Waals surface area contributed by atoms with E-state index in [1.807, 2.05) is 36.4 Å². The molecule has 0 aliphatic carbocycles. The Balaban J connectivity index is 1.69. The summed E-state index contributed by atoms with van der Waals surface area (Å²) in [6.07, 6.45) is 3.67. The van der Waals surface area contributed by atoms with Crippen LogP contribution < -0.4 is 0 Å². The number of rotatable bonds is 9. The van der Waals surface area contributed by atoms with Crippen LogP contribution in [-0.4, -0.2) is 0 Å². The van der Waals surface area contributed by atoms with Crippen LogP contribution in [0.3, 0.4) is 0 Å². The molecule has 0 nitrogen and oxygen atoms in total. The molecule has 1 radical (unpaired) electrons. The summed E-state index contributed by atoms with van der Waals surface area (Å²) in [7, 11) is 0.